The smallest absolute Gasteiger partial charge is 0.0558 e. The van der Waals surface area contributed by atoms with Crippen LogP contribution in [0.4, 0.5) is 0 Å². The van der Waals surface area contributed by atoms with E-state index < -0.39 is 0 Å². The molecule has 2 N–H and O–H groups in total. The molecule has 1 aliphatic heterocycles. The standard InChI is InChI=1S/C10H22N2O/c1-2-6-12(7-8-13)9-10-4-3-5-11-10/h10-11,13H,2-9H2,1H3. The molecule has 78 valence electrons. The Bertz CT molecular complexity index is 118. The summed E-state index contributed by atoms with van der Waals surface area (Å²) >= 11 is 0. The van der Waals surface area contributed by atoms with Crippen LogP contribution in [0, 0.1) is 0 Å². The molecule has 1 fully saturated rings. The topological polar surface area (TPSA) is 35.5 Å². The van der Waals surface area contributed by atoms with Gasteiger partial charge in [-0.3, -0.25) is 4.90 Å². The molecule has 0 saturated carbocycles. The zero-order chi connectivity index (χ0) is 9.52. The molecular formula is C10H22N2O. The van der Waals surface area contributed by atoms with Gasteiger partial charge in [0, 0.05) is 19.1 Å². The molecule has 1 unspecified atom stereocenters. The molecule has 0 bridgehead atoms. The molecule has 13 heavy (non-hydrogen) atoms. The summed E-state index contributed by atoms with van der Waals surface area (Å²) in [5.74, 6) is 0. The maximum Gasteiger partial charge on any atom is 0.0558 e. The van der Waals surface area contributed by atoms with Crippen molar-refractivity contribution in [2.45, 2.75) is 32.2 Å². The van der Waals surface area contributed by atoms with Crippen molar-refractivity contribution in [1.82, 2.24) is 10.2 Å². The predicted molar refractivity (Wildman–Crippen MR) is 54.8 cm³/mol. The minimum absolute atomic E-state index is 0.284. The average Bonchev–Trinajstić information content (AvgIpc) is 2.58. The van der Waals surface area contributed by atoms with E-state index in [0.717, 1.165) is 19.6 Å². The van der Waals surface area contributed by atoms with Crippen LogP contribution in [0.1, 0.15) is 26.2 Å². The van der Waals surface area contributed by atoms with Gasteiger partial charge in [0.2, 0.25) is 0 Å². The Hall–Kier alpha value is -0.120. The van der Waals surface area contributed by atoms with Crippen LogP contribution in [0.5, 0.6) is 0 Å². The highest BCUT2D eigenvalue weighted by molar-refractivity contribution is 4.77. The average molecular weight is 186 g/mol. The van der Waals surface area contributed by atoms with Gasteiger partial charge in [0.05, 0.1) is 6.61 Å². The molecule has 0 aromatic heterocycles. The lowest BCUT2D eigenvalue weighted by Gasteiger charge is -2.24. The van der Waals surface area contributed by atoms with Gasteiger partial charge in [0.15, 0.2) is 0 Å². The van der Waals surface area contributed by atoms with E-state index in [0.29, 0.717) is 6.04 Å². The third-order valence-electron chi connectivity index (χ3n) is 2.60. The van der Waals surface area contributed by atoms with Gasteiger partial charge >= 0.3 is 0 Å². The van der Waals surface area contributed by atoms with E-state index >= 15 is 0 Å². The molecule has 0 radical (unpaired) electrons. The highest BCUT2D eigenvalue weighted by Crippen LogP contribution is 2.06. The number of nitrogens with one attached hydrogen (secondary N) is 1. The molecule has 3 nitrogen and oxygen atoms in total. The fraction of sp³-hybridized carbons (Fsp3) is 1.00. The summed E-state index contributed by atoms with van der Waals surface area (Å²) in [6.45, 7) is 6.68. The van der Waals surface area contributed by atoms with Gasteiger partial charge in [0.25, 0.3) is 0 Å². The first-order chi connectivity index (χ1) is 6.36. The number of hydrogen-bond acceptors (Lipinski definition) is 3. The third kappa shape index (κ3) is 4.07. The Kier molecular flexibility index (Phi) is 5.35. The molecule has 1 heterocycles. The van der Waals surface area contributed by atoms with Crippen molar-refractivity contribution in [3.63, 3.8) is 0 Å². The maximum atomic E-state index is 8.88. The van der Waals surface area contributed by atoms with Crippen molar-refractivity contribution in [3.8, 4) is 0 Å². The summed E-state index contributed by atoms with van der Waals surface area (Å²) in [7, 11) is 0. The van der Waals surface area contributed by atoms with E-state index in [1.54, 1.807) is 0 Å². The molecule has 0 aliphatic carbocycles. The molecule has 0 aromatic rings. The minimum atomic E-state index is 0.284. The van der Waals surface area contributed by atoms with E-state index in [4.69, 9.17) is 5.11 Å². The van der Waals surface area contributed by atoms with Crippen LogP contribution in [0.15, 0.2) is 0 Å². The van der Waals surface area contributed by atoms with Gasteiger partial charge < -0.3 is 10.4 Å². The fourth-order valence-electron chi connectivity index (χ4n) is 1.98. The predicted octanol–water partition coefficient (Wildman–Crippen LogP) is 0.443. The lowest BCUT2D eigenvalue weighted by molar-refractivity contribution is 0.185. The highest BCUT2D eigenvalue weighted by Gasteiger charge is 2.16. The first-order valence-corrected chi connectivity index (χ1v) is 5.43. The molecule has 1 saturated heterocycles. The normalized spacial score (nSPS) is 22.8. The van der Waals surface area contributed by atoms with Gasteiger partial charge in [-0.05, 0) is 32.4 Å². The van der Waals surface area contributed by atoms with Crippen LogP contribution >= 0.6 is 0 Å². The first-order valence-electron chi connectivity index (χ1n) is 5.43. The molecule has 3 heteroatoms. The number of aliphatic hydroxyl groups is 1. The fourth-order valence-corrected chi connectivity index (χ4v) is 1.98. The lowest BCUT2D eigenvalue weighted by atomic mass is 10.2. The van der Waals surface area contributed by atoms with Gasteiger partial charge in [-0.1, -0.05) is 6.92 Å². The van der Waals surface area contributed by atoms with E-state index in [2.05, 4.69) is 17.1 Å². The van der Waals surface area contributed by atoms with E-state index in [1.807, 2.05) is 0 Å². The van der Waals surface area contributed by atoms with Crippen molar-refractivity contribution < 1.29 is 5.11 Å². The largest absolute Gasteiger partial charge is 0.395 e. The zero-order valence-corrected chi connectivity index (χ0v) is 8.63. The second-order valence-electron chi connectivity index (χ2n) is 3.82. The first kappa shape index (κ1) is 11.0. The van der Waals surface area contributed by atoms with Crippen LogP contribution in [-0.4, -0.2) is 48.8 Å². The number of hydrogen-bond donors (Lipinski definition) is 2. The third-order valence-corrected chi connectivity index (χ3v) is 2.60. The number of aliphatic hydroxyl groups excluding tert-OH is 1. The van der Waals surface area contributed by atoms with Gasteiger partial charge in [-0.25, -0.2) is 0 Å². The Balaban J connectivity index is 2.19. The second kappa shape index (κ2) is 6.35. The van der Waals surface area contributed by atoms with Crippen LogP contribution < -0.4 is 5.32 Å². The molecule has 0 spiro atoms. The second-order valence-corrected chi connectivity index (χ2v) is 3.82. The number of nitrogens with zero attached hydrogens (tertiary/aromatic N) is 1. The van der Waals surface area contributed by atoms with Crippen LogP contribution in [0.3, 0.4) is 0 Å². The van der Waals surface area contributed by atoms with Crippen molar-refractivity contribution in [3.05, 3.63) is 0 Å². The van der Waals surface area contributed by atoms with Crippen molar-refractivity contribution in [2.75, 3.05) is 32.8 Å². The quantitative estimate of drug-likeness (QED) is 0.632. The summed E-state index contributed by atoms with van der Waals surface area (Å²) in [5.41, 5.74) is 0. The Morgan fingerprint density at radius 1 is 1.46 bits per heavy atom. The monoisotopic (exact) mass is 186 g/mol. The molecule has 1 aliphatic rings. The van der Waals surface area contributed by atoms with Crippen LogP contribution in [0.25, 0.3) is 0 Å². The van der Waals surface area contributed by atoms with E-state index in [-0.39, 0.29) is 6.61 Å². The SMILES string of the molecule is CCCN(CCO)CC1CCCN1. The molecule has 1 rings (SSSR count). The van der Waals surface area contributed by atoms with Crippen molar-refractivity contribution >= 4 is 0 Å². The number of rotatable bonds is 6. The maximum absolute atomic E-state index is 8.88. The summed E-state index contributed by atoms with van der Waals surface area (Å²) in [6.07, 6.45) is 3.78. The lowest BCUT2D eigenvalue weighted by Crippen LogP contribution is -2.39. The molecular weight excluding hydrogens is 164 g/mol. The van der Waals surface area contributed by atoms with Gasteiger partial charge in [0.1, 0.15) is 0 Å². The van der Waals surface area contributed by atoms with Gasteiger partial charge in [-0.15, -0.1) is 0 Å². The van der Waals surface area contributed by atoms with Crippen LogP contribution in [0.2, 0.25) is 0 Å². The summed E-state index contributed by atoms with van der Waals surface area (Å²) < 4.78 is 0. The Morgan fingerprint density at radius 3 is 2.85 bits per heavy atom. The van der Waals surface area contributed by atoms with Crippen molar-refractivity contribution in [1.29, 1.82) is 0 Å². The Morgan fingerprint density at radius 2 is 2.31 bits per heavy atom. The summed E-state index contributed by atoms with van der Waals surface area (Å²) in [5, 5.41) is 12.4. The summed E-state index contributed by atoms with van der Waals surface area (Å²) in [6, 6.07) is 0.665. The van der Waals surface area contributed by atoms with Gasteiger partial charge in [-0.2, -0.15) is 0 Å². The summed E-state index contributed by atoms with van der Waals surface area (Å²) in [4.78, 5) is 2.35. The van der Waals surface area contributed by atoms with Crippen molar-refractivity contribution in [2.24, 2.45) is 0 Å². The van der Waals surface area contributed by atoms with Crippen LogP contribution in [-0.2, 0) is 0 Å². The molecule has 0 aromatic carbocycles. The van der Waals surface area contributed by atoms with E-state index in [1.165, 1.54) is 25.8 Å². The Labute approximate surface area is 81.1 Å². The minimum Gasteiger partial charge on any atom is -0.395 e. The van der Waals surface area contributed by atoms with E-state index in [9.17, 15) is 0 Å². The zero-order valence-electron chi connectivity index (χ0n) is 8.63. The highest BCUT2D eigenvalue weighted by atomic mass is 16.3. The molecule has 1 atom stereocenters. The molecule has 0 amide bonds.